The number of aromatic nitrogens is 1. The number of benzene rings is 1. The standard InChI is InChI=1S/C21H25N3O4/c1-26-15-6-4-13(5-7-15)19-17-11-22-10-14(17)12-24(19)21(25)16-8-9-18(27-2)23-20(16)28-3/h4-9,14,17,19,22H,10-12H2,1-3H3/t14-,17-,19-/m0/s1. The van der Waals surface area contributed by atoms with Gasteiger partial charge in [-0.3, -0.25) is 4.79 Å². The maximum atomic E-state index is 13.5. The van der Waals surface area contributed by atoms with E-state index in [2.05, 4.69) is 10.3 Å². The summed E-state index contributed by atoms with van der Waals surface area (Å²) in [5.74, 6) is 2.27. The number of carbonyl (C=O) groups is 1. The van der Waals surface area contributed by atoms with Gasteiger partial charge in [-0.2, -0.15) is 4.98 Å². The molecule has 2 saturated heterocycles. The van der Waals surface area contributed by atoms with Crippen LogP contribution in [0.1, 0.15) is 22.0 Å². The lowest BCUT2D eigenvalue weighted by Gasteiger charge is -2.29. The molecule has 7 heteroatoms. The number of carbonyl (C=O) groups excluding carboxylic acids is 1. The smallest absolute Gasteiger partial charge is 0.259 e. The quantitative estimate of drug-likeness (QED) is 0.853. The molecule has 2 aliphatic rings. The Morgan fingerprint density at radius 2 is 1.82 bits per heavy atom. The van der Waals surface area contributed by atoms with Crippen LogP contribution in [0, 0.1) is 11.8 Å². The molecule has 1 N–H and O–H groups in total. The molecular weight excluding hydrogens is 358 g/mol. The highest BCUT2D eigenvalue weighted by Crippen LogP contribution is 2.44. The molecule has 0 unspecified atom stereocenters. The summed E-state index contributed by atoms with van der Waals surface area (Å²) in [6, 6.07) is 11.4. The van der Waals surface area contributed by atoms with E-state index >= 15 is 0 Å². The highest BCUT2D eigenvalue weighted by molar-refractivity contribution is 5.97. The molecule has 0 radical (unpaired) electrons. The van der Waals surface area contributed by atoms with Gasteiger partial charge in [0, 0.05) is 31.6 Å². The summed E-state index contributed by atoms with van der Waals surface area (Å²) in [5.41, 5.74) is 1.57. The second kappa shape index (κ2) is 7.67. The summed E-state index contributed by atoms with van der Waals surface area (Å²) in [6.45, 7) is 2.55. The molecule has 1 amide bonds. The van der Waals surface area contributed by atoms with Crippen molar-refractivity contribution in [3.63, 3.8) is 0 Å². The van der Waals surface area contributed by atoms with Crippen LogP contribution in [-0.4, -0.2) is 56.8 Å². The molecule has 0 spiro atoms. The number of pyridine rings is 1. The van der Waals surface area contributed by atoms with Crippen molar-refractivity contribution in [2.75, 3.05) is 41.0 Å². The zero-order chi connectivity index (χ0) is 19.7. The molecule has 2 fully saturated rings. The molecule has 28 heavy (non-hydrogen) atoms. The zero-order valence-electron chi connectivity index (χ0n) is 16.3. The van der Waals surface area contributed by atoms with Crippen LogP contribution < -0.4 is 19.5 Å². The molecule has 148 valence electrons. The van der Waals surface area contributed by atoms with Gasteiger partial charge in [-0.05, 0) is 29.7 Å². The number of methoxy groups -OCH3 is 3. The Balaban J connectivity index is 1.69. The Labute approximate surface area is 164 Å². The van der Waals surface area contributed by atoms with E-state index in [4.69, 9.17) is 14.2 Å². The molecule has 3 atom stereocenters. The van der Waals surface area contributed by atoms with E-state index in [9.17, 15) is 4.79 Å². The Kier molecular flexibility index (Phi) is 5.09. The summed E-state index contributed by atoms with van der Waals surface area (Å²) in [7, 11) is 4.71. The predicted molar refractivity (Wildman–Crippen MR) is 104 cm³/mol. The van der Waals surface area contributed by atoms with E-state index in [1.54, 1.807) is 19.2 Å². The molecule has 4 rings (SSSR count). The minimum absolute atomic E-state index is 0.00483. The maximum Gasteiger partial charge on any atom is 0.259 e. The van der Waals surface area contributed by atoms with Gasteiger partial charge in [-0.25, -0.2) is 0 Å². The first-order valence-electron chi connectivity index (χ1n) is 9.41. The van der Waals surface area contributed by atoms with Crippen LogP contribution in [0.15, 0.2) is 36.4 Å². The first kappa shape index (κ1) is 18.6. The van der Waals surface area contributed by atoms with Crippen LogP contribution in [0.2, 0.25) is 0 Å². The molecule has 1 aromatic carbocycles. The van der Waals surface area contributed by atoms with Crippen molar-refractivity contribution in [1.29, 1.82) is 0 Å². The molecule has 7 nitrogen and oxygen atoms in total. The van der Waals surface area contributed by atoms with Gasteiger partial charge >= 0.3 is 0 Å². The third kappa shape index (κ3) is 3.16. The maximum absolute atomic E-state index is 13.5. The Hall–Kier alpha value is -2.80. The van der Waals surface area contributed by atoms with Crippen LogP contribution >= 0.6 is 0 Å². The van der Waals surface area contributed by atoms with Crippen molar-refractivity contribution in [3.8, 4) is 17.5 Å². The van der Waals surface area contributed by atoms with Crippen molar-refractivity contribution in [2.45, 2.75) is 6.04 Å². The fraction of sp³-hybridized carbons (Fsp3) is 0.429. The summed E-state index contributed by atoms with van der Waals surface area (Å²) < 4.78 is 15.8. The summed E-state index contributed by atoms with van der Waals surface area (Å²) in [5, 5.41) is 3.47. The Morgan fingerprint density at radius 1 is 1.04 bits per heavy atom. The largest absolute Gasteiger partial charge is 0.497 e. The number of hydrogen-bond donors (Lipinski definition) is 1. The van der Waals surface area contributed by atoms with Gasteiger partial charge in [0.05, 0.1) is 27.4 Å². The lowest BCUT2D eigenvalue weighted by molar-refractivity contribution is 0.0709. The summed E-state index contributed by atoms with van der Waals surface area (Å²) >= 11 is 0. The number of rotatable bonds is 5. The highest BCUT2D eigenvalue weighted by atomic mass is 16.5. The van der Waals surface area contributed by atoms with E-state index in [1.165, 1.54) is 14.2 Å². The van der Waals surface area contributed by atoms with Crippen molar-refractivity contribution in [3.05, 3.63) is 47.5 Å². The van der Waals surface area contributed by atoms with Crippen LogP contribution in [0.3, 0.4) is 0 Å². The predicted octanol–water partition coefficient (Wildman–Crippen LogP) is 2.14. The van der Waals surface area contributed by atoms with E-state index in [0.29, 0.717) is 29.8 Å². The molecule has 0 aliphatic carbocycles. The normalized spacial score (nSPS) is 23.4. The average molecular weight is 383 g/mol. The van der Waals surface area contributed by atoms with Crippen LogP contribution in [-0.2, 0) is 0 Å². The van der Waals surface area contributed by atoms with Gasteiger partial charge < -0.3 is 24.4 Å². The topological polar surface area (TPSA) is 72.9 Å². The second-order valence-corrected chi connectivity index (χ2v) is 7.17. The zero-order valence-corrected chi connectivity index (χ0v) is 16.3. The average Bonchev–Trinajstić information content (AvgIpc) is 3.34. The molecule has 0 saturated carbocycles. The van der Waals surface area contributed by atoms with Crippen LogP contribution in [0.25, 0.3) is 0 Å². The van der Waals surface area contributed by atoms with Gasteiger partial charge in [-0.1, -0.05) is 12.1 Å². The van der Waals surface area contributed by atoms with Crippen molar-refractivity contribution in [2.24, 2.45) is 11.8 Å². The third-order valence-electron chi connectivity index (χ3n) is 5.75. The number of nitrogens with one attached hydrogen (secondary N) is 1. The molecule has 2 aliphatic heterocycles. The molecule has 0 bridgehead atoms. The number of fused-ring (bicyclic) bond motifs is 1. The van der Waals surface area contributed by atoms with Gasteiger partial charge in [0.2, 0.25) is 11.8 Å². The van der Waals surface area contributed by atoms with E-state index in [0.717, 1.165) is 24.4 Å². The van der Waals surface area contributed by atoms with Crippen molar-refractivity contribution < 1.29 is 19.0 Å². The van der Waals surface area contributed by atoms with Crippen LogP contribution in [0.4, 0.5) is 0 Å². The van der Waals surface area contributed by atoms with Gasteiger partial charge in [-0.15, -0.1) is 0 Å². The molecule has 2 aromatic rings. The lowest BCUT2D eigenvalue weighted by Crippen LogP contribution is -2.35. The van der Waals surface area contributed by atoms with Crippen molar-refractivity contribution in [1.82, 2.24) is 15.2 Å². The Morgan fingerprint density at radius 3 is 2.50 bits per heavy atom. The van der Waals surface area contributed by atoms with Gasteiger partial charge in [0.25, 0.3) is 5.91 Å². The van der Waals surface area contributed by atoms with Crippen LogP contribution in [0.5, 0.6) is 17.5 Å². The van der Waals surface area contributed by atoms with Crippen molar-refractivity contribution >= 4 is 5.91 Å². The second-order valence-electron chi connectivity index (χ2n) is 7.17. The first-order chi connectivity index (χ1) is 13.7. The monoisotopic (exact) mass is 383 g/mol. The number of nitrogens with zero attached hydrogens (tertiary/aromatic N) is 2. The minimum atomic E-state index is -0.0674. The number of hydrogen-bond acceptors (Lipinski definition) is 6. The molecule has 1 aromatic heterocycles. The van der Waals surface area contributed by atoms with Gasteiger partial charge in [0.1, 0.15) is 11.3 Å². The molecular formula is C21H25N3O4. The fourth-order valence-corrected chi connectivity index (χ4v) is 4.37. The number of likely N-dealkylation sites (tertiary alicyclic amines) is 1. The lowest BCUT2D eigenvalue weighted by atomic mass is 9.89. The summed E-state index contributed by atoms with van der Waals surface area (Å²) in [6.07, 6.45) is 0. The SMILES string of the molecule is COc1ccc([C@H]2[C@H]3CNC[C@H]3CN2C(=O)c2ccc(OC)nc2OC)cc1. The van der Waals surface area contributed by atoms with Gasteiger partial charge in [0.15, 0.2) is 0 Å². The van der Waals surface area contributed by atoms with E-state index < -0.39 is 0 Å². The fourth-order valence-electron chi connectivity index (χ4n) is 4.37. The minimum Gasteiger partial charge on any atom is -0.497 e. The number of amides is 1. The summed E-state index contributed by atoms with van der Waals surface area (Å²) in [4.78, 5) is 19.7. The Bertz CT molecular complexity index is 855. The molecule has 3 heterocycles. The van der Waals surface area contributed by atoms with E-state index in [1.807, 2.05) is 29.2 Å². The third-order valence-corrected chi connectivity index (χ3v) is 5.75. The number of ether oxygens (including phenoxy) is 3. The highest BCUT2D eigenvalue weighted by Gasteiger charge is 2.47. The van der Waals surface area contributed by atoms with E-state index in [-0.39, 0.29) is 17.8 Å². The first-order valence-corrected chi connectivity index (χ1v) is 9.41.